The minimum absolute atomic E-state index is 0.319. The molecule has 1 N–H and O–H groups in total. The molecule has 0 heterocycles. The molecule has 1 atom stereocenters. The van der Waals surface area contributed by atoms with E-state index in [9.17, 15) is 8.42 Å². The fraction of sp³-hybridized carbons (Fsp3) is 1.00. The van der Waals surface area contributed by atoms with E-state index in [0.29, 0.717) is 11.8 Å². The van der Waals surface area contributed by atoms with E-state index < -0.39 is 9.84 Å². The van der Waals surface area contributed by atoms with Crippen molar-refractivity contribution in [2.45, 2.75) is 49.8 Å². The number of sulfone groups is 1. The van der Waals surface area contributed by atoms with Gasteiger partial charge in [0.25, 0.3) is 0 Å². The SMILES string of the molecule is CNC(CCCS(C)(=O)=O)CSC1CCCC1. The number of nitrogens with one attached hydrogen (secondary N) is 1. The van der Waals surface area contributed by atoms with Crippen molar-refractivity contribution in [3.63, 3.8) is 0 Å². The van der Waals surface area contributed by atoms with Crippen molar-refractivity contribution in [1.82, 2.24) is 5.32 Å². The molecule has 1 unspecified atom stereocenters. The zero-order chi connectivity index (χ0) is 12.7. The summed E-state index contributed by atoms with van der Waals surface area (Å²) in [6.07, 6.45) is 8.55. The van der Waals surface area contributed by atoms with Gasteiger partial charge in [-0.25, -0.2) is 8.42 Å². The highest BCUT2D eigenvalue weighted by Crippen LogP contribution is 2.30. The van der Waals surface area contributed by atoms with E-state index in [1.807, 2.05) is 7.05 Å². The van der Waals surface area contributed by atoms with E-state index in [-0.39, 0.29) is 0 Å². The predicted molar refractivity (Wildman–Crippen MR) is 76.5 cm³/mol. The third-order valence-electron chi connectivity index (χ3n) is 3.31. The molecule has 5 heteroatoms. The highest BCUT2D eigenvalue weighted by Gasteiger charge is 2.17. The minimum Gasteiger partial charge on any atom is -0.316 e. The summed E-state index contributed by atoms with van der Waals surface area (Å²) in [7, 11) is -0.821. The second-order valence-corrected chi connectivity index (χ2v) is 8.59. The Morgan fingerprint density at radius 1 is 1.35 bits per heavy atom. The van der Waals surface area contributed by atoms with Crippen LogP contribution in [0.3, 0.4) is 0 Å². The first kappa shape index (κ1) is 15.3. The highest BCUT2D eigenvalue weighted by molar-refractivity contribution is 7.99. The summed E-state index contributed by atoms with van der Waals surface area (Å²) in [5.41, 5.74) is 0. The van der Waals surface area contributed by atoms with E-state index >= 15 is 0 Å². The Hall–Kier alpha value is 0.260. The molecule has 1 saturated carbocycles. The van der Waals surface area contributed by atoms with Crippen molar-refractivity contribution in [2.24, 2.45) is 0 Å². The highest BCUT2D eigenvalue weighted by atomic mass is 32.2. The van der Waals surface area contributed by atoms with Crippen LogP contribution in [0.25, 0.3) is 0 Å². The number of hydrogen-bond acceptors (Lipinski definition) is 4. The average molecular weight is 279 g/mol. The molecular weight excluding hydrogens is 254 g/mol. The van der Waals surface area contributed by atoms with Crippen LogP contribution in [-0.4, -0.2) is 44.5 Å². The van der Waals surface area contributed by atoms with Gasteiger partial charge in [-0.05, 0) is 32.7 Å². The van der Waals surface area contributed by atoms with Crippen LogP contribution in [0.1, 0.15) is 38.5 Å². The van der Waals surface area contributed by atoms with Crippen molar-refractivity contribution in [3.05, 3.63) is 0 Å². The van der Waals surface area contributed by atoms with E-state index in [1.165, 1.54) is 31.9 Å². The van der Waals surface area contributed by atoms with Crippen LogP contribution < -0.4 is 5.32 Å². The van der Waals surface area contributed by atoms with Gasteiger partial charge in [-0.15, -0.1) is 0 Å². The summed E-state index contributed by atoms with van der Waals surface area (Å²) < 4.78 is 22.1. The summed E-state index contributed by atoms with van der Waals surface area (Å²) in [5, 5.41) is 4.14. The molecule has 102 valence electrons. The van der Waals surface area contributed by atoms with Crippen LogP contribution in [0.15, 0.2) is 0 Å². The standard InChI is InChI=1S/C12H25NO2S2/c1-13-11(6-5-9-17(2,14)15)10-16-12-7-3-4-8-12/h11-13H,3-10H2,1-2H3. The lowest BCUT2D eigenvalue weighted by atomic mass is 10.2. The van der Waals surface area contributed by atoms with Crippen molar-refractivity contribution in [1.29, 1.82) is 0 Å². The second kappa shape index (κ2) is 7.64. The molecule has 0 amide bonds. The van der Waals surface area contributed by atoms with Crippen molar-refractivity contribution in [3.8, 4) is 0 Å². The molecule has 0 aromatic carbocycles. The first-order valence-electron chi connectivity index (χ1n) is 6.48. The first-order chi connectivity index (χ1) is 8.01. The maximum absolute atomic E-state index is 11.0. The predicted octanol–water partition coefficient (Wildman–Crippen LogP) is 2.07. The molecule has 17 heavy (non-hydrogen) atoms. The van der Waals surface area contributed by atoms with Gasteiger partial charge in [0.2, 0.25) is 0 Å². The Kier molecular flexibility index (Phi) is 6.89. The van der Waals surface area contributed by atoms with Crippen molar-refractivity contribution < 1.29 is 8.42 Å². The van der Waals surface area contributed by atoms with Crippen molar-refractivity contribution in [2.75, 3.05) is 24.8 Å². The lowest BCUT2D eigenvalue weighted by molar-refractivity contribution is 0.555. The van der Waals surface area contributed by atoms with Crippen molar-refractivity contribution >= 4 is 21.6 Å². The summed E-state index contributed by atoms with van der Waals surface area (Å²) in [5.74, 6) is 1.43. The largest absolute Gasteiger partial charge is 0.316 e. The lowest BCUT2D eigenvalue weighted by Gasteiger charge is -2.17. The van der Waals surface area contributed by atoms with E-state index in [1.54, 1.807) is 0 Å². The molecule has 3 nitrogen and oxygen atoms in total. The van der Waals surface area contributed by atoms with Crippen LogP contribution in [0, 0.1) is 0 Å². The fourth-order valence-electron chi connectivity index (χ4n) is 2.21. The topological polar surface area (TPSA) is 46.2 Å². The third kappa shape index (κ3) is 7.32. The van der Waals surface area contributed by atoms with Gasteiger partial charge in [0.15, 0.2) is 0 Å². The zero-order valence-corrected chi connectivity index (χ0v) is 12.6. The molecule has 0 aromatic rings. The maximum atomic E-state index is 11.0. The molecule has 1 rings (SSSR count). The van der Waals surface area contributed by atoms with Gasteiger partial charge in [0, 0.05) is 29.1 Å². The van der Waals surface area contributed by atoms with Crippen LogP contribution >= 0.6 is 11.8 Å². The Labute approximate surface area is 110 Å². The molecule has 0 saturated heterocycles. The molecule has 0 radical (unpaired) electrons. The zero-order valence-electron chi connectivity index (χ0n) is 10.9. The van der Waals surface area contributed by atoms with Gasteiger partial charge in [0.05, 0.1) is 0 Å². The molecule has 1 aliphatic carbocycles. The minimum atomic E-state index is -2.79. The van der Waals surface area contributed by atoms with Gasteiger partial charge >= 0.3 is 0 Å². The summed E-state index contributed by atoms with van der Waals surface area (Å²) >= 11 is 2.06. The molecule has 0 aliphatic heterocycles. The van der Waals surface area contributed by atoms with Gasteiger partial charge < -0.3 is 5.32 Å². The molecule has 0 spiro atoms. The fourth-order valence-corrected chi connectivity index (χ4v) is 4.41. The monoisotopic (exact) mass is 279 g/mol. The van der Waals surface area contributed by atoms with Crippen LogP contribution in [0.4, 0.5) is 0 Å². The van der Waals surface area contributed by atoms with E-state index in [0.717, 1.165) is 23.8 Å². The number of rotatable bonds is 8. The van der Waals surface area contributed by atoms with Crippen LogP contribution in [0.2, 0.25) is 0 Å². The lowest BCUT2D eigenvalue weighted by Crippen LogP contribution is -2.29. The molecular formula is C12H25NO2S2. The Balaban J connectivity index is 2.14. The Morgan fingerprint density at radius 3 is 2.53 bits per heavy atom. The van der Waals surface area contributed by atoms with Gasteiger partial charge in [0.1, 0.15) is 9.84 Å². The molecule has 0 bridgehead atoms. The van der Waals surface area contributed by atoms with Crippen LogP contribution in [-0.2, 0) is 9.84 Å². The molecule has 1 fully saturated rings. The summed E-state index contributed by atoms with van der Waals surface area (Å²) in [4.78, 5) is 0. The average Bonchev–Trinajstić information content (AvgIpc) is 2.74. The third-order valence-corrected chi connectivity index (χ3v) is 5.88. The molecule has 1 aliphatic rings. The summed E-state index contributed by atoms with van der Waals surface area (Å²) in [6, 6.07) is 0.461. The first-order valence-corrected chi connectivity index (χ1v) is 9.59. The Bertz CT molecular complexity index is 298. The molecule has 0 aromatic heterocycles. The smallest absolute Gasteiger partial charge is 0.147 e. The Morgan fingerprint density at radius 2 is 2.00 bits per heavy atom. The normalized spacial score (nSPS) is 19.6. The quantitative estimate of drug-likeness (QED) is 0.739. The van der Waals surface area contributed by atoms with Crippen LogP contribution in [0.5, 0.6) is 0 Å². The van der Waals surface area contributed by atoms with Gasteiger partial charge in [-0.1, -0.05) is 12.8 Å². The number of thioether (sulfide) groups is 1. The van der Waals surface area contributed by atoms with E-state index in [2.05, 4.69) is 17.1 Å². The van der Waals surface area contributed by atoms with Gasteiger partial charge in [-0.2, -0.15) is 11.8 Å². The number of hydrogen-bond donors (Lipinski definition) is 1. The van der Waals surface area contributed by atoms with Gasteiger partial charge in [-0.3, -0.25) is 0 Å². The summed E-state index contributed by atoms with van der Waals surface area (Å²) in [6.45, 7) is 0. The second-order valence-electron chi connectivity index (χ2n) is 5.00. The maximum Gasteiger partial charge on any atom is 0.147 e. The van der Waals surface area contributed by atoms with E-state index in [4.69, 9.17) is 0 Å².